The Hall–Kier alpha value is -1.59. The van der Waals surface area contributed by atoms with Crippen molar-refractivity contribution in [2.75, 3.05) is 13.1 Å². The molecule has 1 aromatic carbocycles. The van der Waals surface area contributed by atoms with Crippen LogP contribution in [0.3, 0.4) is 0 Å². The highest BCUT2D eigenvalue weighted by atomic mass is 32.2. The van der Waals surface area contributed by atoms with Gasteiger partial charge in [-0.05, 0) is 37.1 Å². The van der Waals surface area contributed by atoms with Crippen molar-refractivity contribution in [1.29, 1.82) is 0 Å². The third-order valence-electron chi connectivity index (χ3n) is 3.59. The molecule has 0 aliphatic carbocycles. The van der Waals surface area contributed by atoms with E-state index in [0.29, 0.717) is 23.7 Å². The number of hydrogen-bond donors (Lipinski definition) is 0. The van der Waals surface area contributed by atoms with Crippen molar-refractivity contribution in [2.24, 2.45) is 0 Å². The molecule has 0 amide bonds. The van der Waals surface area contributed by atoms with E-state index in [2.05, 4.69) is 0 Å². The molecule has 0 unspecified atom stereocenters. The first kappa shape index (κ1) is 13.4. The number of sulfonamides is 1. The molecule has 0 saturated carbocycles. The van der Waals surface area contributed by atoms with Crippen molar-refractivity contribution in [1.82, 2.24) is 4.31 Å². The van der Waals surface area contributed by atoms with Gasteiger partial charge in [-0.25, -0.2) is 8.42 Å². The third kappa shape index (κ3) is 2.51. The average molecular weight is 291 g/mol. The van der Waals surface area contributed by atoms with Gasteiger partial charge in [0.1, 0.15) is 5.76 Å². The van der Waals surface area contributed by atoms with Crippen LogP contribution in [0.15, 0.2) is 52.0 Å². The van der Waals surface area contributed by atoms with E-state index < -0.39 is 10.0 Å². The highest BCUT2D eigenvalue weighted by molar-refractivity contribution is 7.89. The van der Waals surface area contributed by atoms with Crippen LogP contribution in [0.4, 0.5) is 0 Å². The van der Waals surface area contributed by atoms with E-state index in [0.717, 1.165) is 24.8 Å². The average Bonchev–Trinajstić information content (AvgIpc) is 3.03. The molecule has 0 atom stereocenters. The summed E-state index contributed by atoms with van der Waals surface area (Å²) in [6.45, 7) is 1.24. The van der Waals surface area contributed by atoms with Gasteiger partial charge in [-0.2, -0.15) is 4.31 Å². The molecule has 2 aromatic rings. The topological polar surface area (TPSA) is 50.5 Å². The molecule has 1 saturated heterocycles. The van der Waals surface area contributed by atoms with Gasteiger partial charge in [0.15, 0.2) is 0 Å². The van der Waals surface area contributed by atoms with E-state index in [1.54, 1.807) is 34.8 Å². The first-order chi connectivity index (χ1) is 9.68. The SMILES string of the molecule is O=S(=O)(c1cccc(-c2ccco2)c1)N1CCCCC1. The first-order valence-corrected chi connectivity index (χ1v) is 8.26. The van der Waals surface area contributed by atoms with Gasteiger partial charge in [0.25, 0.3) is 0 Å². The summed E-state index contributed by atoms with van der Waals surface area (Å²) in [6.07, 6.45) is 4.58. The fourth-order valence-corrected chi connectivity index (χ4v) is 4.07. The zero-order chi connectivity index (χ0) is 14.0. The number of hydrogen-bond acceptors (Lipinski definition) is 3. The van der Waals surface area contributed by atoms with Gasteiger partial charge in [0.2, 0.25) is 10.0 Å². The summed E-state index contributed by atoms with van der Waals surface area (Å²) in [5.74, 6) is 0.681. The molecular weight excluding hydrogens is 274 g/mol. The summed E-state index contributed by atoms with van der Waals surface area (Å²) < 4.78 is 32.1. The minimum atomic E-state index is -3.38. The van der Waals surface area contributed by atoms with Crippen molar-refractivity contribution in [3.8, 4) is 11.3 Å². The van der Waals surface area contributed by atoms with Crippen LogP contribution in [0.1, 0.15) is 19.3 Å². The van der Waals surface area contributed by atoms with E-state index in [9.17, 15) is 8.42 Å². The highest BCUT2D eigenvalue weighted by Gasteiger charge is 2.26. The zero-order valence-electron chi connectivity index (χ0n) is 11.2. The summed E-state index contributed by atoms with van der Waals surface area (Å²) in [5.41, 5.74) is 0.785. The Labute approximate surface area is 119 Å². The molecule has 0 spiro atoms. The lowest BCUT2D eigenvalue weighted by Crippen LogP contribution is -2.35. The predicted octanol–water partition coefficient (Wildman–Crippen LogP) is 3.12. The van der Waals surface area contributed by atoms with Crippen LogP contribution in [0.25, 0.3) is 11.3 Å². The maximum Gasteiger partial charge on any atom is 0.243 e. The summed E-state index contributed by atoms with van der Waals surface area (Å²) in [5, 5.41) is 0. The van der Waals surface area contributed by atoms with Crippen LogP contribution >= 0.6 is 0 Å². The number of furan rings is 1. The number of benzene rings is 1. The van der Waals surface area contributed by atoms with Crippen molar-refractivity contribution in [3.05, 3.63) is 42.7 Å². The van der Waals surface area contributed by atoms with Crippen molar-refractivity contribution < 1.29 is 12.8 Å². The fraction of sp³-hybridized carbons (Fsp3) is 0.333. The largest absolute Gasteiger partial charge is 0.464 e. The quantitative estimate of drug-likeness (QED) is 0.873. The van der Waals surface area contributed by atoms with Gasteiger partial charge < -0.3 is 4.42 Å². The van der Waals surface area contributed by atoms with Crippen molar-refractivity contribution in [2.45, 2.75) is 24.2 Å². The maximum absolute atomic E-state index is 12.6. The van der Waals surface area contributed by atoms with Gasteiger partial charge in [0.05, 0.1) is 11.2 Å². The van der Waals surface area contributed by atoms with E-state index >= 15 is 0 Å². The van der Waals surface area contributed by atoms with Gasteiger partial charge in [-0.15, -0.1) is 0 Å². The molecule has 1 fully saturated rings. The Morgan fingerprint density at radius 2 is 1.80 bits per heavy atom. The Morgan fingerprint density at radius 3 is 2.50 bits per heavy atom. The van der Waals surface area contributed by atoms with Gasteiger partial charge >= 0.3 is 0 Å². The summed E-state index contributed by atoms with van der Waals surface area (Å²) in [6, 6.07) is 10.6. The van der Waals surface area contributed by atoms with E-state index in [1.165, 1.54) is 0 Å². The Balaban J connectivity index is 1.95. The molecule has 0 bridgehead atoms. The van der Waals surface area contributed by atoms with Gasteiger partial charge in [-0.1, -0.05) is 18.6 Å². The van der Waals surface area contributed by atoms with Crippen LogP contribution in [0.5, 0.6) is 0 Å². The molecule has 1 aliphatic rings. The monoisotopic (exact) mass is 291 g/mol. The molecule has 1 aromatic heterocycles. The van der Waals surface area contributed by atoms with Crippen molar-refractivity contribution >= 4 is 10.0 Å². The molecule has 1 aliphatic heterocycles. The van der Waals surface area contributed by atoms with Gasteiger partial charge in [0, 0.05) is 18.7 Å². The lowest BCUT2D eigenvalue weighted by Gasteiger charge is -2.25. The zero-order valence-corrected chi connectivity index (χ0v) is 12.0. The molecule has 5 heteroatoms. The second-order valence-corrected chi connectivity index (χ2v) is 6.91. The third-order valence-corrected chi connectivity index (χ3v) is 5.49. The minimum absolute atomic E-state index is 0.341. The number of piperidine rings is 1. The van der Waals surface area contributed by atoms with Crippen LogP contribution < -0.4 is 0 Å². The minimum Gasteiger partial charge on any atom is -0.464 e. The van der Waals surface area contributed by atoms with Crippen LogP contribution in [0.2, 0.25) is 0 Å². The molecule has 20 heavy (non-hydrogen) atoms. The van der Waals surface area contributed by atoms with Crippen LogP contribution in [-0.2, 0) is 10.0 Å². The molecule has 4 nitrogen and oxygen atoms in total. The molecule has 3 rings (SSSR count). The van der Waals surface area contributed by atoms with Crippen LogP contribution in [0, 0.1) is 0 Å². The summed E-state index contributed by atoms with van der Waals surface area (Å²) in [4.78, 5) is 0.341. The highest BCUT2D eigenvalue weighted by Crippen LogP contribution is 2.26. The Morgan fingerprint density at radius 1 is 1.00 bits per heavy atom. The maximum atomic E-state index is 12.6. The smallest absolute Gasteiger partial charge is 0.243 e. The summed E-state index contributed by atoms with van der Waals surface area (Å²) >= 11 is 0. The first-order valence-electron chi connectivity index (χ1n) is 6.82. The van der Waals surface area contributed by atoms with Crippen LogP contribution in [-0.4, -0.2) is 25.8 Å². The molecule has 0 radical (unpaired) electrons. The Bertz CT molecular complexity index is 671. The standard InChI is InChI=1S/C15H17NO3S/c17-20(18,16-9-2-1-3-10-16)14-7-4-6-13(12-14)15-8-5-11-19-15/h4-8,11-12H,1-3,9-10H2. The Kier molecular flexibility index (Phi) is 3.63. The molecule has 0 N–H and O–H groups in total. The lowest BCUT2D eigenvalue weighted by atomic mass is 10.2. The van der Waals surface area contributed by atoms with E-state index in [1.807, 2.05) is 12.1 Å². The molecular formula is C15H17NO3S. The lowest BCUT2D eigenvalue weighted by molar-refractivity contribution is 0.346. The van der Waals surface area contributed by atoms with E-state index in [-0.39, 0.29) is 0 Å². The number of rotatable bonds is 3. The molecule has 2 heterocycles. The normalized spacial score (nSPS) is 17.2. The fourth-order valence-electron chi connectivity index (χ4n) is 2.51. The van der Waals surface area contributed by atoms with Gasteiger partial charge in [-0.3, -0.25) is 0 Å². The number of nitrogens with zero attached hydrogens (tertiary/aromatic N) is 1. The predicted molar refractivity (Wildman–Crippen MR) is 76.8 cm³/mol. The second kappa shape index (κ2) is 5.42. The van der Waals surface area contributed by atoms with Crippen molar-refractivity contribution in [3.63, 3.8) is 0 Å². The second-order valence-electron chi connectivity index (χ2n) is 4.97. The summed E-state index contributed by atoms with van der Waals surface area (Å²) in [7, 11) is -3.38. The van der Waals surface area contributed by atoms with E-state index in [4.69, 9.17) is 4.42 Å². The molecule has 106 valence electrons.